The summed E-state index contributed by atoms with van der Waals surface area (Å²) < 4.78 is 50.7. The molecule has 2 aromatic carbocycles. The molecule has 11 heteroatoms. The minimum Gasteiger partial charge on any atom is -0.494 e. The van der Waals surface area contributed by atoms with Gasteiger partial charge in [-0.05, 0) is 35.4 Å². The Morgan fingerprint density at radius 1 is 1.19 bits per heavy atom. The molecule has 1 aliphatic carbocycles. The number of aliphatic hydroxyl groups excluding tert-OH is 1. The second-order valence-corrected chi connectivity index (χ2v) is 8.32. The zero-order valence-electron chi connectivity index (χ0n) is 19.0. The third-order valence-electron chi connectivity index (χ3n) is 6.15. The number of carbonyl (C=O) groups excluding carboxylic acids is 1. The van der Waals surface area contributed by atoms with Crippen LogP contribution in [0, 0.1) is 0 Å². The molecule has 0 radical (unpaired) electrons. The number of hydrogen-bond donors (Lipinski definition) is 3. The number of hydrogen-bond acceptors (Lipinski definition) is 7. The summed E-state index contributed by atoms with van der Waals surface area (Å²) >= 11 is 0. The van der Waals surface area contributed by atoms with Gasteiger partial charge in [0.05, 0.1) is 25.8 Å². The van der Waals surface area contributed by atoms with Gasteiger partial charge >= 0.3 is 6.18 Å². The monoisotopic (exact) mass is 498 g/mol. The van der Waals surface area contributed by atoms with Crippen LogP contribution in [0.5, 0.6) is 5.75 Å². The maximum Gasteiger partial charge on any atom is 0.433 e. The van der Waals surface area contributed by atoms with E-state index >= 15 is 0 Å². The van der Waals surface area contributed by atoms with Gasteiger partial charge in [0.15, 0.2) is 11.5 Å². The normalized spacial score (nSPS) is 17.3. The van der Waals surface area contributed by atoms with Gasteiger partial charge in [-0.25, -0.2) is 9.97 Å². The molecule has 2 heterocycles. The standard InChI is InChI=1S/C25H21F3N4O4/c1-35-17-8-6-15(14-7-9-19(25(26,27)28)30-21(14)17)24-32-22(18(11-29)36-24)23(34)31-20-13-5-3-2-4-12(13)10-16(20)33/h2-9,16,20,33H,10-11,29H2,1H3,(H,31,34)/t16-,20+/m1/s1. The van der Waals surface area contributed by atoms with Gasteiger partial charge < -0.3 is 25.3 Å². The van der Waals surface area contributed by atoms with Crippen molar-refractivity contribution in [1.29, 1.82) is 0 Å². The van der Waals surface area contributed by atoms with E-state index in [1.165, 1.54) is 19.2 Å². The molecular formula is C25H21F3N4O4. The quantitative estimate of drug-likeness (QED) is 0.383. The van der Waals surface area contributed by atoms with Crippen LogP contribution in [0.3, 0.4) is 0 Å². The van der Waals surface area contributed by atoms with Crippen molar-refractivity contribution in [2.75, 3.05) is 7.11 Å². The summed E-state index contributed by atoms with van der Waals surface area (Å²) in [7, 11) is 1.33. The van der Waals surface area contributed by atoms with Crippen molar-refractivity contribution in [2.24, 2.45) is 5.73 Å². The number of alkyl halides is 3. The van der Waals surface area contributed by atoms with Crippen LogP contribution in [0.15, 0.2) is 52.9 Å². The molecule has 2 atom stereocenters. The van der Waals surface area contributed by atoms with Crippen molar-refractivity contribution < 1.29 is 32.2 Å². The summed E-state index contributed by atoms with van der Waals surface area (Å²) in [5.41, 5.74) is 6.67. The molecule has 1 aliphatic rings. The fourth-order valence-corrected chi connectivity index (χ4v) is 4.44. The number of nitrogens with zero attached hydrogens (tertiary/aromatic N) is 2. The Kier molecular flexibility index (Phi) is 5.89. The van der Waals surface area contributed by atoms with Crippen LogP contribution in [0.4, 0.5) is 13.2 Å². The highest BCUT2D eigenvalue weighted by molar-refractivity contribution is 5.98. The van der Waals surface area contributed by atoms with E-state index in [4.69, 9.17) is 14.9 Å². The maximum atomic E-state index is 13.2. The summed E-state index contributed by atoms with van der Waals surface area (Å²) in [5.74, 6) is -0.381. The Balaban J connectivity index is 1.53. The van der Waals surface area contributed by atoms with Crippen LogP contribution in [0.1, 0.15) is 39.1 Å². The highest BCUT2D eigenvalue weighted by Gasteiger charge is 2.35. The topological polar surface area (TPSA) is 124 Å². The third-order valence-corrected chi connectivity index (χ3v) is 6.15. The van der Waals surface area contributed by atoms with Gasteiger partial charge in [-0.3, -0.25) is 4.79 Å². The highest BCUT2D eigenvalue weighted by Crippen LogP contribution is 2.37. The van der Waals surface area contributed by atoms with Crippen LogP contribution < -0.4 is 15.8 Å². The van der Waals surface area contributed by atoms with Crippen LogP contribution >= 0.6 is 0 Å². The maximum absolute atomic E-state index is 13.2. The number of aliphatic hydroxyl groups is 1. The lowest BCUT2D eigenvalue weighted by atomic mass is 10.1. The molecule has 186 valence electrons. The summed E-state index contributed by atoms with van der Waals surface area (Å²) in [4.78, 5) is 21.2. The number of rotatable bonds is 5. The zero-order chi connectivity index (χ0) is 25.6. The first-order valence-corrected chi connectivity index (χ1v) is 11.0. The lowest BCUT2D eigenvalue weighted by Crippen LogP contribution is -2.34. The largest absolute Gasteiger partial charge is 0.494 e. The van der Waals surface area contributed by atoms with Gasteiger partial charge in [-0.2, -0.15) is 13.2 Å². The van der Waals surface area contributed by atoms with E-state index in [1.54, 1.807) is 6.07 Å². The van der Waals surface area contributed by atoms with Gasteiger partial charge in [0.25, 0.3) is 5.91 Å². The van der Waals surface area contributed by atoms with E-state index in [1.807, 2.05) is 24.3 Å². The molecule has 0 fully saturated rings. The van der Waals surface area contributed by atoms with Gasteiger partial charge in [0.1, 0.15) is 17.0 Å². The zero-order valence-corrected chi connectivity index (χ0v) is 19.0. The number of fused-ring (bicyclic) bond motifs is 2. The first kappa shape index (κ1) is 23.8. The van der Waals surface area contributed by atoms with Gasteiger partial charge in [-0.1, -0.05) is 24.3 Å². The average molecular weight is 498 g/mol. The Hall–Kier alpha value is -3.96. The molecule has 0 unspecified atom stereocenters. The van der Waals surface area contributed by atoms with Crippen LogP contribution in [-0.4, -0.2) is 34.2 Å². The van der Waals surface area contributed by atoms with Gasteiger partial charge in [-0.15, -0.1) is 0 Å². The van der Waals surface area contributed by atoms with E-state index in [0.29, 0.717) is 17.4 Å². The first-order valence-electron chi connectivity index (χ1n) is 11.0. The smallest absolute Gasteiger partial charge is 0.433 e. The summed E-state index contributed by atoms with van der Waals surface area (Å²) in [6.45, 7) is -0.149. The second kappa shape index (κ2) is 8.92. The average Bonchev–Trinajstić information content (AvgIpc) is 3.43. The molecule has 0 spiro atoms. The Bertz CT molecular complexity index is 1470. The SMILES string of the molecule is COc1ccc(-c2nc(C(=O)N[C@H]3c4ccccc4C[C@H]3O)c(CN)o2)c2ccc(C(F)(F)F)nc12. The van der Waals surface area contributed by atoms with Crippen molar-refractivity contribution in [1.82, 2.24) is 15.3 Å². The van der Waals surface area contributed by atoms with Crippen molar-refractivity contribution in [3.8, 4) is 17.2 Å². The number of ether oxygens (including phenoxy) is 1. The fourth-order valence-electron chi connectivity index (χ4n) is 4.44. The molecule has 0 saturated carbocycles. The fraction of sp³-hybridized carbons (Fsp3) is 0.240. The molecule has 36 heavy (non-hydrogen) atoms. The molecule has 0 bridgehead atoms. The number of benzene rings is 2. The number of oxazole rings is 1. The van der Waals surface area contributed by atoms with Gasteiger partial charge in [0.2, 0.25) is 5.89 Å². The van der Waals surface area contributed by atoms with E-state index in [-0.39, 0.29) is 35.2 Å². The number of carbonyl (C=O) groups is 1. The summed E-state index contributed by atoms with van der Waals surface area (Å²) in [5, 5.41) is 13.6. The predicted octanol–water partition coefficient (Wildman–Crippen LogP) is 3.76. The predicted molar refractivity (Wildman–Crippen MR) is 123 cm³/mol. The van der Waals surface area contributed by atoms with E-state index < -0.39 is 29.9 Å². The number of methoxy groups -OCH3 is 1. The van der Waals surface area contributed by atoms with Crippen LogP contribution in [0.25, 0.3) is 22.4 Å². The minimum absolute atomic E-state index is 0.0119. The minimum atomic E-state index is -4.64. The summed E-state index contributed by atoms with van der Waals surface area (Å²) in [6.07, 6.45) is -5.04. The van der Waals surface area contributed by atoms with E-state index in [0.717, 1.165) is 17.2 Å². The van der Waals surface area contributed by atoms with Crippen molar-refractivity contribution in [3.05, 3.63) is 76.8 Å². The lowest BCUT2D eigenvalue weighted by molar-refractivity contribution is -0.140. The Labute approximate surface area is 202 Å². The van der Waals surface area contributed by atoms with Crippen molar-refractivity contribution in [2.45, 2.75) is 31.3 Å². The van der Waals surface area contributed by atoms with Gasteiger partial charge in [0, 0.05) is 17.4 Å². The lowest BCUT2D eigenvalue weighted by Gasteiger charge is -2.17. The summed E-state index contributed by atoms with van der Waals surface area (Å²) in [6, 6.07) is 11.9. The number of nitrogens with two attached hydrogens (primary N) is 1. The van der Waals surface area contributed by atoms with Crippen LogP contribution in [-0.2, 0) is 19.1 Å². The third kappa shape index (κ3) is 4.06. The number of amides is 1. The number of halogens is 3. The molecule has 4 N–H and O–H groups in total. The molecule has 2 aromatic heterocycles. The molecule has 0 saturated heterocycles. The second-order valence-electron chi connectivity index (χ2n) is 8.32. The van der Waals surface area contributed by atoms with E-state index in [2.05, 4.69) is 15.3 Å². The van der Waals surface area contributed by atoms with Crippen LogP contribution in [0.2, 0.25) is 0 Å². The Morgan fingerprint density at radius 2 is 1.97 bits per heavy atom. The molecule has 8 nitrogen and oxygen atoms in total. The van der Waals surface area contributed by atoms with Crippen molar-refractivity contribution in [3.63, 3.8) is 0 Å². The molecule has 0 aliphatic heterocycles. The molecular weight excluding hydrogens is 477 g/mol. The first-order chi connectivity index (χ1) is 17.2. The number of nitrogens with one attached hydrogen (secondary N) is 1. The Morgan fingerprint density at radius 3 is 2.69 bits per heavy atom. The number of pyridine rings is 1. The molecule has 4 aromatic rings. The number of aromatic nitrogens is 2. The van der Waals surface area contributed by atoms with E-state index in [9.17, 15) is 23.1 Å². The highest BCUT2D eigenvalue weighted by atomic mass is 19.4. The van der Waals surface area contributed by atoms with Crippen molar-refractivity contribution >= 4 is 16.8 Å². The molecule has 1 amide bonds. The molecule has 5 rings (SSSR count).